The summed E-state index contributed by atoms with van der Waals surface area (Å²) in [5, 5.41) is 52.7. The molecule has 12 heteroatoms. The molecule has 0 rings (SSSR count). The average molecular weight is 670 g/mol. The van der Waals surface area contributed by atoms with E-state index in [0.717, 1.165) is 19.3 Å². The summed E-state index contributed by atoms with van der Waals surface area (Å²) in [6.07, 6.45) is 0.634. The Labute approximate surface area is 279 Å². The number of ether oxygens (including phenoxy) is 6. The zero-order valence-corrected chi connectivity index (χ0v) is 30.2. The molecule has 0 saturated heterocycles. The summed E-state index contributed by atoms with van der Waals surface area (Å²) in [6, 6.07) is 0. The van der Waals surface area contributed by atoms with Crippen LogP contribution in [0.2, 0.25) is 0 Å². The van der Waals surface area contributed by atoms with Crippen LogP contribution < -0.4 is 5.73 Å². The van der Waals surface area contributed by atoms with Crippen LogP contribution in [0.4, 0.5) is 0 Å². The van der Waals surface area contributed by atoms with Gasteiger partial charge in [0.2, 0.25) is 0 Å². The van der Waals surface area contributed by atoms with Crippen LogP contribution in [0, 0.1) is 0 Å². The van der Waals surface area contributed by atoms with E-state index in [1.807, 2.05) is 34.6 Å². The molecule has 0 saturated carbocycles. The van der Waals surface area contributed by atoms with Crippen LogP contribution in [-0.2, 0) is 28.4 Å². The molecule has 0 aliphatic carbocycles. The molecule has 0 aromatic carbocycles. The highest BCUT2D eigenvalue weighted by atomic mass is 16.6. The van der Waals surface area contributed by atoms with Gasteiger partial charge in [0.25, 0.3) is 0 Å². The van der Waals surface area contributed by atoms with E-state index >= 15 is 0 Å². The van der Waals surface area contributed by atoms with Crippen LogP contribution in [0.3, 0.4) is 0 Å². The maximum Gasteiger partial charge on any atom is 0.111 e. The second-order valence-electron chi connectivity index (χ2n) is 13.2. The number of rotatable bonds is 31. The first-order valence-electron chi connectivity index (χ1n) is 17.5. The number of nitrogens with two attached hydrogens (primary N) is 1. The quantitative estimate of drug-likeness (QED) is 0.0636. The predicted octanol–water partition coefficient (Wildman–Crippen LogP) is 2.71. The molecule has 0 aliphatic heterocycles. The number of aliphatic hydroxyl groups excluding tert-OH is 5. The Morgan fingerprint density at radius 3 is 1.72 bits per heavy atom. The van der Waals surface area contributed by atoms with Gasteiger partial charge in [-0.3, -0.25) is 0 Å². The average Bonchev–Trinajstić information content (AvgIpc) is 3.04. The summed E-state index contributed by atoms with van der Waals surface area (Å²) in [4.78, 5) is 0. The lowest BCUT2D eigenvalue weighted by Gasteiger charge is -2.39. The van der Waals surface area contributed by atoms with Crippen LogP contribution in [-0.4, -0.2) is 138 Å². The molecule has 46 heavy (non-hydrogen) atoms. The molecule has 9 atom stereocenters. The van der Waals surface area contributed by atoms with Crippen molar-refractivity contribution >= 4 is 0 Å². The summed E-state index contributed by atoms with van der Waals surface area (Å²) < 4.78 is 35.5. The molecular weight excluding hydrogens is 598 g/mol. The lowest BCUT2D eigenvalue weighted by Crippen LogP contribution is -2.54. The Bertz CT molecular complexity index is 737. The van der Waals surface area contributed by atoms with Crippen molar-refractivity contribution in [1.82, 2.24) is 0 Å². The first-order valence-corrected chi connectivity index (χ1v) is 17.5. The fourth-order valence-corrected chi connectivity index (χ4v) is 4.79. The molecule has 0 heterocycles. The molecule has 0 amide bonds. The number of hydrogen-bond acceptors (Lipinski definition) is 12. The first-order chi connectivity index (χ1) is 21.7. The molecule has 0 bridgehead atoms. The van der Waals surface area contributed by atoms with Crippen LogP contribution in [0.1, 0.15) is 107 Å². The van der Waals surface area contributed by atoms with Gasteiger partial charge in [-0.05, 0) is 53.4 Å². The molecule has 7 N–H and O–H groups in total. The number of unbranched alkanes of at least 4 members (excludes halogenated alkanes) is 1. The van der Waals surface area contributed by atoms with Crippen LogP contribution in [0.15, 0.2) is 0 Å². The van der Waals surface area contributed by atoms with Gasteiger partial charge in [-0.15, -0.1) is 0 Å². The summed E-state index contributed by atoms with van der Waals surface area (Å²) >= 11 is 0. The third-order valence-corrected chi connectivity index (χ3v) is 8.81. The predicted molar refractivity (Wildman–Crippen MR) is 179 cm³/mol. The van der Waals surface area contributed by atoms with E-state index in [1.54, 1.807) is 13.8 Å². The molecule has 12 nitrogen and oxygen atoms in total. The van der Waals surface area contributed by atoms with Gasteiger partial charge in [0.15, 0.2) is 0 Å². The second-order valence-corrected chi connectivity index (χ2v) is 13.2. The summed E-state index contributed by atoms with van der Waals surface area (Å²) in [6.45, 7) is 16.0. The largest absolute Gasteiger partial charge is 0.391 e. The van der Waals surface area contributed by atoms with E-state index in [0.29, 0.717) is 38.7 Å². The monoisotopic (exact) mass is 670 g/mol. The zero-order chi connectivity index (χ0) is 35.2. The van der Waals surface area contributed by atoms with Crippen molar-refractivity contribution in [2.75, 3.05) is 59.4 Å². The topological polar surface area (TPSA) is 183 Å². The van der Waals surface area contributed by atoms with Gasteiger partial charge in [0.05, 0.1) is 75.8 Å². The van der Waals surface area contributed by atoms with E-state index in [-0.39, 0.29) is 52.8 Å². The van der Waals surface area contributed by atoms with Crippen molar-refractivity contribution in [2.45, 2.75) is 160 Å². The smallest absolute Gasteiger partial charge is 0.111 e. The fourth-order valence-electron chi connectivity index (χ4n) is 4.79. The van der Waals surface area contributed by atoms with Gasteiger partial charge in [-0.1, -0.05) is 47.0 Å². The molecule has 0 fully saturated rings. The molecule has 0 aliphatic rings. The minimum absolute atomic E-state index is 0.0000997. The van der Waals surface area contributed by atoms with Crippen molar-refractivity contribution in [3.63, 3.8) is 0 Å². The minimum atomic E-state index is -1.08. The summed E-state index contributed by atoms with van der Waals surface area (Å²) in [5.74, 6) is 0. The third-order valence-electron chi connectivity index (χ3n) is 8.81. The highest BCUT2D eigenvalue weighted by Gasteiger charge is 2.39. The zero-order valence-electron chi connectivity index (χ0n) is 30.2. The summed E-state index contributed by atoms with van der Waals surface area (Å²) in [5.41, 5.74) is 3.47. The van der Waals surface area contributed by atoms with Crippen molar-refractivity contribution in [3.8, 4) is 0 Å². The first kappa shape index (κ1) is 45.5. The van der Waals surface area contributed by atoms with Crippen LogP contribution in [0.5, 0.6) is 0 Å². The van der Waals surface area contributed by atoms with Gasteiger partial charge < -0.3 is 59.7 Å². The second kappa shape index (κ2) is 24.6. The van der Waals surface area contributed by atoms with Crippen molar-refractivity contribution < 1.29 is 54.0 Å². The van der Waals surface area contributed by atoms with Gasteiger partial charge >= 0.3 is 0 Å². The number of aliphatic hydroxyl groups is 5. The lowest BCUT2D eigenvalue weighted by atomic mass is 9.95. The Hall–Kier alpha value is -0.480. The maximum atomic E-state index is 11.2. The molecule has 0 aromatic heterocycles. The van der Waals surface area contributed by atoms with Gasteiger partial charge in [-0.25, -0.2) is 0 Å². The standard InChI is InChI=1S/C34H71NO11/c1-9-14-16-27(37)21-45-33(7,12-4)30(40)23-43-31(34(8,25-35)46-20-26(36)15-10-2)24-42-19-29(39)22-44-32(6,11-3)17-28(38)18-41-13-5/h26-31,36-40H,9-25,35H2,1-8H3. The fraction of sp³-hybridized carbons (Fsp3) is 1.00. The van der Waals surface area contributed by atoms with Gasteiger partial charge in [-0.2, -0.15) is 0 Å². The Balaban J connectivity index is 5.44. The minimum Gasteiger partial charge on any atom is -0.391 e. The van der Waals surface area contributed by atoms with Crippen molar-refractivity contribution in [2.24, 2.45) is 5.73 Å². The van der Waals surface area contributed by atoms with E-state index in [2.05, 4.69) is 6.92 Å². The van der Waals surface area contributed by atoms with Crippen molar-refractivity contribution in [1.29, 1.82) is 0 Å². The Morgan fingerprint density at radius 1 is 0.587 bits per heavy atom. The highest BCUT2D eigenvalue weighted by molar-refractivity contribution is 4.89. The maximum absolute atomic E-state index is 11.2. The Kier molecular flexibility index (Phi) is 24.4. The van der Waals surface area contributed by atoms with Gasteiger partial charge in [0.1, 0.15) is 23.9 Å². The van der Waals surface area contributed by atoms with Crippen LogP contribution >= 0.6 is 0 Å². The summed E-state index contributed by atoms with van der Waals surface area (Å²) in [7, 11) is 0. The molecule has 9 unspecified atom stereocenters. The molecule has 278 valence electrons. The molecule has 0 aromatic rings. The normalized spacial score (nSPS) is 20.2. The van der Waals surface area contributed by atoms with E-state index in [1.165, 1.54) is 0 Å². The van der Waals surface area contributed by atoms with E-state index in [9.17, 15) is 25.5 Å². The molecular formula is C34H71NO11. The Morgan fingerprint density at radius 2 is 1.17 bits per heavy atom. The van der Waals surface area contributed by atoms with Gasteiger partial charge in [0, 0.05) is 19.6 Å². The lowest BCUT2D eigenvalue weighted by molar-refractivity contribution is -0.199. The number of hydrogen-bond donors (Lipinski definition) is 6. The van der Waals surface area contributed by atoms with E-state index in [4.69, 9.17) is 34.2 Å². The van der Waals surface area contributed by atoms with Crippen molar-refractivity contribution in [3.05, 3.63) is 0 Å². The van der Waals surface area contributed by atoms with Crippen LogP contribution in [0.25, 0.3) is 0 Å². The SMILES string of the molecule is CCCCC(O)COC(C)(CC)C(O)COC(COCC(O)COC(C)(CC)CC(O)COCC)C(C)(CN)OCC(O)CCC. The highest BCUT2D eigenvalue weighted by Crippen LogP contribution is 2.26. The molecule has 0 spiro atoms. The molecule has 0 radical (unpaired) electrons. The van der Waals surface area contributed by atoms with E-state index < -0.39 is 53.4 Å². The third kappa shape index (κ3) is 18.3.